The molecule has 1 aliphatic carbocycles. The average Bonchev–Trinajstić information content (AvgIpc) is 3.60. The minimum Gasteiger partial charge on any atom is -0.274 e. The molecule has 31 heavy (non-hydrogen) atoms. The first-order chi connectivity index (χ1) is 15.0. The van der Waals surface area contributed by atoms with Gasteiger partial charge in [0.2, 0.25) is 0 Å². The van der Waals surface area contributed by atoms with E-state index in [4.69, 9.17) is 4.98 Å². The highest BCUT2D eigenvalue weighted by atomic mass is 19.1. The van der Waals surface area contributed by atoms with Gasteiger partial charge in [0.1, 0.15) is 11.5 Å². The van der Waals surface area contributed by atoms with Crippen LogP contribution in [0.2, 0.25) is 0 Å². The molecule has 4 nitrogen and oxygen atoms in total. The summed E-state index contributed by atoms with van der Waals surface area (Å²) in [6.07, 6.45) is 5.92. The smallest absolute Gasteiger partial charge is 0.263 e. The second-order valence-electron chi connectivity index (χ2n) is 8.63. The first-order valence-corrected chi connectivity index (χ1v) is 10.7. The number of fused-ring (bicyclic) bond motifs is 1. The number of hydrogen-bond acceptors (Lipinski definition) is 3. The van der Waals surface area contributed by atoms with E-state index in [0.717, 1.165) is 46.4 Å². The molecule has 5 heteroatoms. The van der Waals surface area contributed by atoms with Gasteiger partial charge in [-0.25, -0.2) is 4.39 Å². The van der Waals surface area contributed by atoms with Gasteiger partial charge in [-0.1, -0.05) is 38.1 Å². The van der Waals surface area contributed by atoms with Crippen molar-refractivity contribution in [1.29, 1.82) is 0 Å². The summed E-state index contributed by atoms with van der Waals surface area (Å²) in [7, 11) is 0. The molecule has 5 rings (SSSR count). The van der Waals surface area contributed by atoms with Crippen molar-refractivity contribution in [2.24, 2.45) is 0 Å². The van der Waals surface area contributed by atoms with Crippen LogP contribution in [0.25, 0.3) is 27.8 Å². The Morgan fingerprint density at radius 2 is 1.81 bits per heavy atom. The van der Waals surface area contributed by atoms with Crippen molar-refractivity contribution < 1.29 is 4.39 Å². The van der Waals surface area contributed by atoms with Gasteiger partial charge >= 0.3 is 0 Å². The van der Waals surface area contributed by atoms with Crippen LogP contribution in [0.4, 0.5) is 4.39 Å². The summed E-state index contributed by atoms with van der Waals surface area (Å²) in [6.45, 7) is 6.14. The maximum absolute atomic E-state index is 14.1. The largest absolute Gasteiger partial charge is 0.274 e. The predicted octanol–water partition coefficient (Wildman–Crippen LogP) is 5.90. The second kappa shape index (κ2) is 7.41. The van der Waals surface area contributed by atoms with Crippen molar-refractivity contribution in [2.45, 2.75) is 45.4 Å². The number of nitrogens with zero attached hydrogens (tertiary/aromatic N) is 3. The third-order valence-corrected chi connectivity index (χ3v) is 6.03. The number of benzene rings is 2. The van der Waals surface area contributed by atoms with Gasteiger partial charge < -0.3 is 0 Å². The molecule has 1 fully saturated rings. The Labute approximate surface area is 180 Å². The molecule has 156 valence electrons. The van der Waals surface area contributed by atoms with Crippen LogP contribution in [-0.4, -0.2) is 14.5 Å². The van der Waals surface area contributed by atoms with Gasteiger partial charge in [0.25, 0.3) is 5.56 Å². The summed E-state index contributed by atoms with van der Waals surface area (Å²) in [5, 5.41) is 1.13. The van der Waals surface area contributed by atoms with Crippen molar-refractivity contribution in [2.75, 3.05) is 0 Å². The fraction of sp³-hybridized carbons (Fsp3) is 0.269. The molecule has 0 N–H and O–H groups in total. The highest BCUT2D eigenvalue weighted by molar-refractivity contribution is 5.91. The SMILES string of the molecule is Cc1ccccc1-n1c(-c2cnc(C3CC3)cn2)c(C(C)C)c2ccc(F)cc2c1=O. The molecule has 0 saturated heterocycles. The number of halogens is 1. The highest BCUT2D eigenvalue weighted by Gasteiger charge is 2.27. The van der Waals surface area contributed by atoms with Crippen LogP contribution >= 0.6 is 0 Å². The number of para-hydroxylation sites is 1. The standard InChI is InChI=1S/C26H24FN3O/c1-15(2)24-19-11-10-18(27)12-20(19)26(31)30(23-7-5-4-6-16(23)3)25(24)22-14-28-21(13-29-22)17-8-9-17/h4-7,10-15,17H,8-9H2,1-3H3. The summed E-state index contributed by atoms with van der Waals surface area (Å²) in [5.41, 5.74) is 4.82. The third-order valence-electron chi connectivity index (χ3n) is 6.03. The highest BCUT2D eigenvalue weighted by Crippen LogP contribution is 2.39. The Morgan fingerprint density at radius 3 is 2.45 bits per heavy atom. The van der Waals surface area contributed by atoms with Crippen molar-refractivity contribution in [3.8, 4) is 17.1 Å². The Balaban J connectivity index is 1.92. The lowest BCUT2D eigenvalue weighted by atomic mass is 9.92. The van der Waals surface area contributed by atoms with E-state index in [1.807, 2.05) is 37.4 Å². The fourth-order valence-corrected chi connectivity index (χ4v) is 4.33. The number of pyridine rings is 1. The summed E-state index contributed by atoms with van der Waals surface area (Å²) < 4.78 is 15.8. The van der Waals surface area contributed by atoms with E-state index >= 15 is 0 Å². The number of aryl methyl sites for hydroxylation is 1. The fourth-order valence-electron chi connectivity index (χ4n) is 4.33. The van der Waals surface area contributed by atoms with Gasteiger partial charge in [-0.2, -0.15) is 0 Å². The van der Waals surface area contributed by atoms with Crippen LogP contribution in [0.15, 0.2) is 59.7 Å². The molecular weight excluding hydrogens is 389 g/mol. The maximum atomic E-state index is 14.1. The molecule has 2 aromatic carbocycles. The first kappa shape index (κ1) is 19.6. The topological polar surface area (TPSA) is 47.8 Å². The normalized spacial score (nSPS) is 13.8. The molecule has 0 radical (unpaired) electrons. The Morgan fingerprint density at radius 1 is 1.03 bits per heavy atom. The van der Waals surface area contributed by atoms with Crippen molar-refractivity contribution in [3.63, 3.8) is 0 Å². The van der Waals surface area contributed by atoms with E-state index in [-0.39, 0.29) is 11.5 Å². The van der Waals surface area contributed by atoms with Crippen molar-refractivity contribution >= 4 is 10.8 Å². The van der Waals surface area contributed by atoms with Crippen LogP contribution in [0.1, 0.15) is 55.3 Å². The maximum Gasteiger partial charge on any atom is 0.263 e. The van der Waals surface area contributed by atoms with Crippen LogP contribution in [0.3, 0.4) is 0 Å². The molecule has 0 amide bonds. The van der Waals surface area contributed by atoms with Gasteiger partial charge in [-0.05, 0) is 60.4 Å². The second-order valence-corrected chi connectivity index (χ2v) is 8.63. The summed E-state index contributed by atoms with van der Waals surface area (Å²) >= 11 is 0. The molecule has 4 aromatic rings. The van der Waals surface area contributed by atoms with Crippen LogP contribution < -0.4 is 5.56 Å². The quantitative estimate of drug-likeness (QED) is 0.419. The molecule has 1 saturated carbocycles. The van der Waals surface area contributed by atoms with Crippen LogP contribution in [-0.2, 0) is 0 Å². The average molecular weight is 413 g/mol. The van der Waals surface area contributed by atoms with Crippen molar-refractivity contribution in [1.82, 2.24) is 14.5 Å². The van der Waals surface area contributed by atoms with E-state index in [1.54, 1.807) is 16.8 Å². The minimum atomic E-state index is -0.419. The zero-order valence-electron chi connectivity index (χ0n) is 17.9. The van der Waals surface area contributed by atoms with Gasteiger partial charge in [0.15, 0.2) is 0 Å². The number of aromatic nitrogens is 3. The van der Waals surface area contributed by atoms with Gasteiger partial charge in [-0.3, -0.25) is 19.3 Å². The Bertz CT molecular complexity index is 1350. The summed E-state index contributed by atoms with van der Waals surface area (Å²) in [5.74, 6) is 0.171. The van der Waals surface area contributed by atoms with Crippen LogP contribution in [0, 0.1) is 12.7 Å². The van der Waals surface area contributed by atoms with Gasteiger partial charge in [0.05, 0.1) is 28.7 Å². The zero-order valence-corrected chi connectivity index (χ0v) is 17.9. The molecule has 2 aromatic heterocycles. The van der Waals surface area contributed by atoms with E-state index < -0.39 is 5.82 Å². The van der Waals surface area contributed by atoms with Crippen molar-refractivity contribution in [3.05, 3.63) is 87.9 Å². The molecule has 0 spiro atoms. The summed E-state index contributed by atoms with van der Waals surface area (Å²) in [6, 6.07) is 12.2. The first-order valence-electron chi connectivity index (χ1n) is 10.7. The van der Waals surface area contributed by atoms with Gasteiger partial charge in [-0.15, -0.1) is 0 Å². The molecule has 2 heterocycles. The molecule has 1 aliphatic rings. The number of rotatable bonds is 4. The lowest BCUT2D eigenvalue weighted by Gasteiger charge is -2.22. The molecular formula is C26H24FN3O. The van der Waals surface area contributed by atoms with E-state index in [0.29, 0.717) is 17.0 Å². The van der Waals surface area contributed by atoms with E-state index in [1.165, 1.54) is 12.1 Å². The van der Waals surface area contributed by atoms with E-state index in [9.17, 15) is 9.18 Å². The zero-order chi connectivity index (χ0) is 21.7. The molecule has 0 bridgehead atoms. The Kier molecular flexibility index (Phi) is 4.69. The number of hydrogen-bond donors (Lipinski definition) is 0. The van der Waals surface area contributed by atoms with Gasteiger partial charge in [0, 0.05) is 12.1 Å². The molecule has 0 aliphatic heterocycles. The monoisotopic (exact) mass is 413 g/mol. The van der Waals surface area contributed by atoms with E-state index in [2.05, 4.69) is 18.8 Å². The summed E-state index contributed by atoms with van der Waals surface area (Å²) in [4.78, 5) is 23.1. The minimum absolute atomic E-state index is 0.0868. The lowest BCUT2D eigenvalue weighted by Crippen LogP contribution is -2.24. The molecule has 0 atom stereocenters. The third kappa shape index (κ3) is 3.34. The Hall–Kier alpha value is -3.34. The molecule has 0 unspecified atom stereocenters. The lowest BCUT2D eigenvalue weighted by molar-refractivity contribution is 0.629. The van der Waals surface area contributed by atoms with Crippen LogP contribution in [0.5, 0.6) is 0 Å². The predicted molar refractivity (Wildman–Crippen MR) is 121 cm³/mol.